The number of nitrogen functional groups attached to an aromatic ring is 4. The van der Waals surface area contributed by atoms with Crippen LogP contribution in [0.5, 0.6) is 0 Å². The molecule has 0 saturated carbocycles. The summed E-state index contributed by atoms with van der Waals surface area (Å²) in [7, 11) is 0. The fourth-order valence-electron chi connectivity index (χ4n) is 0.931. The lowest BCUT2D eigenvalue weighted by atomic mass is 10.1. The lowest BCUT2D eigenvalue weighted by Crippen LogP contribution is -2.08. The molecule has 1 aromatic carbocycles. The Kier molecular flexibility index (Phi) is 2.22. The summed E-state index contributed by atoms with van der Waals surface area (Å²) in [5.74, 6) is 0. The van der Waals surface area contributed by atoms with Crippen molar-refractivity contribution in [2.75, 3.05) is 22.9 Å². The monoisotopic (exact) mass is 278 g/mol. The third kappa shape index (κ3) is 1.13. The molecule has 0 aromatic heterocycles. The van der Waals surface area contributed by atoms with Crippen LogP contribution in [-0.2, 0) is 0 Å². The van der Waals surface area contributed by atoms with E-state index in [1.54, 1.807) is 0 Å². The summed E-state index contributed by atoms with van der Waals surface area (Å²) in [5, 5.41) is 0. The molecule has 0 unspecified atom stereocenters. The van der Waals surface area contributed by atoms with Gasteiger partial charge in [0.2, 0.25) is 0 Å². The van der Waals surface area contributed by atoms with Gasteiger partial charge in [0.1, 0.15) is 0 Å². The molecule has 1 aromatic rings. The molecule has 0 radical (unpaired) electrons. The molecule has 0 saturated heterocycles. The van der Waals surface area contributed by atoms with Crippen LogP contribution in [0.1, 0.15) is 5.56 Å². The summed E-state index contributed by atoms with van der Waals surface area (Å²) in [6.45, 7) is 1.86. The highest BCUT2D eigenvalue weighted by Gasteiger charge is 2.12. The van der Waals surface area contributed by atoms with E-state index < -0.39 is 0 Å². The number of anilines is 4. The van der Waals surface area contributed by atoms with E-state index in [1.165, 1.54) is 0 Å². The molecular weight excluding hydrogens is 267 g/mol. The van der Waals surface area contributed by atoms with Gasteiger partial charge < -0.3 is 22.9 Å². The molecule has 0 aliphatic rings. The predicted molar refractivity (Wildman–Crippen MR) is 61.5 cm³/mol. The van der Waals surface area contributed by atoms with E-state index in [4.69, 9.17) is 22.9 Å². The summed E-state index contributed by atoms with van der Waals surface area (Å²) in [6.07, 6.45) is 0. The van der Waals surface area contributed by atoms with Gasteiger partial charge in [-0.1, -0.05) is 0 Å². The molecule has 4 nitrogen and oxygen atoms in total. The number of nitrogens with two attached hydrogens (primary N) is 4. The molecule has 8 N–H and O–H groups in total. The maximum Gasteiger partial charge on any atom is 0.0813 e. The van der Waals surface area contributed by atoms with Crippen molar-refractivity contribution in [3.05, 3.63) is 9.13 Å². The second-order valence-electron chi connectivity index (χ2n) is 2.59. The first-order chi connectivity index (χ1) is 5.46. The second-order valence-corrected chi connectivity index (χ2v) is 3.67. The van der Waals surface area contributed by atoms with E-state index in [0.717, 1.165) is 9.13 Å². The predicted octanol–water partition coefficient (Wildman–Crippen LogP) is 0.928. The van der Waals surface area contributed by atoms with Crippen LogP contribution in [0.4, 0.5) is 22.7 Å². The normalized spacial score (nSPS) is 10.2. The van der Waals surface area contributed by atoms with Crippen molar-refractivity contribution in [3.63, 3.8) is 0 Å². The van der Waals surface area contributed by atoms with Gasteiger partial charge in [-0.25, -0.2) is 0 Å². The van der Waals surface area contributed by atoms with Gasteiger partial charge >= 0.3 is 0 Å². The Morgan fingerprint density at radius 3 is 1.75 bits per heavy atom. The molecule has 0 bridgehead atoms. The van der Waals surface area contributed by atoms with Gasteiger partial charge in [-0.2, -0.15) is 0 Å². The minimum atomic E-state index is 0.377. The van der Waals surface area contributed by atoms with Gasteiger partial charge in [0.05, 0.1) is 22.7 Å². The van der Waals surface area contributed by atoms with Crippen molar-refractivity contribution in [3.8, 4) is 0 Å². The zero-order valence-corrected chi connectivity index (χ0v) is 8.84. The number of benzene rings is 1. The van der Waals surface area contributed by atoms with E-state index in [2.05, 4.69) is 22.6 Å². The Labute approximate surface area is 84.4 Å². The van der Waals surface area contributed by atoms with Crippen LogP contribution < -0.4 is 22.9 Å². The van der Waals surface area contributed by atoms with E-state index in [0.29, 0.717) is 22.7 Å². The molecule has 12 heavy (non-hydrogen) atoms. The highest BCUT2D eigenvalue weighted by Crippen LogP contribution is 2.36. The van der Waals surface area contributed by atoms with Crippen LogP contribution >= 0.6 is 22.6 Å². The lowest BCUT2D eigenvalue weighted by Gasteiger charge is -2.12. The van der Waals surface area contributed by atoms with Crippen molar-refractivity contribution in [2.45, 2.75) is 6.92 Å². The van der Waals surface area contributed by atoms with Crippen molar-refractivity contribution in [1.29, 1.82) is 0 Å². The number of halogens is 1. The number of hydrogen-bond donors (Lipinski definition) is 4. The second kappa shape index (κ2) is 2.89. The first kappa shape index (κ1) is 9.24. The Morgan fingerprint density at radius 2 is 1.25 bits per heavy atom. The average Bonchev–Trinajstić information content (AvgIpc) is 2.08. The van der Waals surface area contributed by atoms with Gasteiger partial charge in [0.15, 0.2) is 0 Å². The Hall–Kier alpha value is -0.850. The molecule has 0 aliphatic carbocycles. The molecule has 0 heterocycles. The average molecular weight is 278 g/mol. The Morgan fingerprint density at radius 1 is 0.833 bits per heavy atom. The van der Waals surface area contributed by atoms with E-state index >= 15 is 0 Å². The standard InChI is InChI=1S/C7H11IN4/c1-2-3(8)5(10)7(12)6(11)4(2)9/h9-12H2,1H3. The van der Waals surface area contributed by atoms with Gasteiger partial charge in [0, 0.05) is 3.57 Å². The largest absolute Gasteiger partial charge is 0.397 e. The SMILES string of the molecule is Cc1c(N)c(N)c(N)c(N)c1I. The summed E-state index contributed by atoms with van der Waals surface area (Å²) >= 11 is 2.10. The van der Waals surface area contributed by atoms with Gasteiger partial charge in [-0.05, 0) is 35.1 Å². The maximum atomic E-state index is 5.69. The summed E-state index contributed by atoms with van der Waals surface area (Å²) < 4.78 is 0.872. The van der Waals surface area contributed by atoms with E-state index in [9.17, 15) is 0 Å². The zero-order valence-electron chi connectivity index (χ0n) is 6.69. The van der Waals surface area contributed by atoms with E-state index in [-0.39, 0.29) is 0 Å². The van der Waals surface area contributed by atoms with Gasteiger partial charge in [-0.3, -0.25) is 0 Å². The molecule has 0 spiro atoms. The minimum Gasteiger partial charge on any atom is -0.397 e. The zero-order chi connectivity index (χ0) is 9.46. The number of hydrogen-bond acceptors (Lipinski definition) is 4. The van der Waals surface area contributed by atoms with Crippen LogP contribution in [-0.4, -0.2) is 0 Å². The molecule has 0 aliphatic heterocycles. The third-order valence-corrected chi connectivity index (χ3v) is 3.23. The topological polar surface area (TPSA) is 104 Å². The molecule has 0 amide bonds. The minimum absolute atomic E-state index is 0.377. The lowest BCUT2D eigenvalue weighted by molar-refractivity contribution is 1.43. The Bertz CT molecular complexity index is 230. The van der Waals surface area contributed by atoms with Crippen LogP contribution in [0.25, 0.3) is 0 Å². The molecule has 0 fully saturated rings. The van der Waals surface area contributed by atoms with Crippen molar-refractivity contribution >= 4 is 45.3 Å². The van der Waals surface area contributed by atoms with Crippen LogP contribution in [0.2, 0.25) is 0 Å². The van der Waals surface area contributed by atoms with Gasteiger partial charge in [-0.15, -0.1) is 0 Å². The number of rotatable bonds is 0. The van der Waals surface area contributed by atoms with Crippen LogP contribution in [0.3, 0.4) is 0 Å². The van der Waals surface area contributed by atoms with Crippen molar-refractivity contribution in [2.24, 2.45) is 0 Å². The fraction of sp³-hybridized carbons (Fsp3) is 0.143. The van der Waals surface area contributed by atoms with E-state index in [1.807, 2.05) is 6.92 Å². The van der Waals surface area contributed by atoms with Crippen molar-refractivity contribution < 1.29 is 0 Å². The molecular formula is C7H11IN4. The first-order valence-corrected chi connectivity index (χ1v) is 4.42. The maximum absolute atomic E-state index is 5.69. The quantitative estimate of drug-likeness (QED) is 0.418. The third-order valence-electron chi connectivity index (χ3n) is 1.84. The molecule has 5 heteroatoms. The Balaban J connectivity index is 3.60. The van der Waals surface area contributed by atoms with Gasteiger partial charge in [0.25, 0.3) is 0 Å². The molecule has 1 rings (SSSR count). The molecule has 0 atom stereocenters. The smallest absolute Gasteiger partial charge is 0.0813 e. The highest BCUT2D eigenvalue weighted by molar-refractivity contribution is 14.1. The highest BCUT2D eigenvalue weighted by atomic mass is 127. The summed E-state index contributed by atoms with van der Waals surface area (Å²) in [6, 6.07) is 0. The van der Waals surface area contributed by atoms with Crippen molar-refractivity contribution in [1.82, 2.24) is 0 Å². The van der Waals surface area contributed by atoms with Crippen LogP contribution in [0.15, 0.2) is 0 Å². The first-order valence-electron chi connectivity index (χ1n) is 3.34. The molecule has 66 valence electrons. The fourth-order valence-corrected chi connectivity index (χ4v) is 1.51. The van der Waals surface area contributed by atoms with Crippen LogP contribution in [0, 0.1) is 10.5 Å². The summed E-state index contributed by atoms with van der Waals surface area (Å²) in [5.41, 5.74) is 25.3. The summed E-state index contributed by atoms with van der Waals surface area (Å²) in [4.78, 5) is 0.